The lowest BCUT2D eigenvalue weighted by atomic mass is 10.1. The quantitative estimate of drug-likeness (QED) is 0.467. The van der Waals surface area contributed by atoms with Gasteiger partial charge in [-0.05, 0) is 29.8 Å². The number of rotatable bonds is 4. The van der Waals surface area contributed by atoms with Crippen LogP contribution in [0.2, 0.25) is 0 Å². The summed E-state index contributed by atoms with van der Waals surface area (Å²) < 4.78 is 23.1. The zero-order valence-electron chi connectivity index (χ0n) is 16.8. The van der Waals surface area contributed by atoms with E-state index < -0.39 is 0 Å². The number of carbonyl (C=O) groups is 1. The number of hydrogen-bond acceptors (Lipinski definition) is 8. The first-order valence-electron chi connectivity index (χ1n) is 10.1. The van der Waals surface area contributed by atoms with E-state index in [4.69, 9.17) is 23.9 Å². The maximum absolute atomic E-state index is 13.6. The van der Waals surface area contributed by atoms with Gasteiger partial charge in [-0.15, -0.1) is 0 Å². The van der Waals surface area contributed by atoms with Crippen LogP contribution in [0, 0.1) is 0 Å². The Labute approximate surface area is 186 Å². The second-order valence-corrected chi connectivity index (χ2v) is 8.29. The largest absolute Gasteiger partial charge is 0.486 e. The lowest BCUT2D eigenvalue weighted by Gasteiger charge is -2.22. The van der Waals surface area contributed by atoms with Crippen molar-refractivity contribution < 1.29 is 23.7 Å². The SMILES string of the molecule is O=C(c1ccc2c(c1)OCCO2)N(Cc1cccnc1)c1nc2cc3c(cc2s1)OCO3. The van der Waals surface area contributed by atoms with Crippen molar-refractivity contribution >= 4 is 32.6 Å². The molecule has 0 fully saturated rings. The van der Waals surface area contributed by atoms with Crippen LogP contribution >= 0.6 is 11.3 Å². The van der Waals surface area contributed by atoms with Crippen LogP contribution in [0.5, 0.6) is 23.0 Å². The summed E-state index contributed by atoms with van der Waals surface area (Å²) in [7, 11) is 0. The topological polar surface area (TPSA) is 83.0 Å². The summed E-state index contributed by atoms with van der Waals surface area (Å²) >= 11 is 1.42. The van der Waals surface area contributed by atoms with E-state index >= 15 is 0 Å². The van der Waals surface area contributed by atoms with Gasteiger partial charge in [0.05, 0.1) is 16.8 Å². The van der Waals surface area contributed by atoms with Crippen molar-refractivity contribution in [2.24, 2.45) is 0 Å². The van der Waals surface area contributed by atoms with Crippen molar-refractivity contribution in [3.05, 3.63) is 66.0 Å². The monoisotopic (exact) mass is 447 g/mol. The number of anilines is 1. The van der Waals surface area contributed by atoms with Gasteiger partial charge in [0, 0.05) is 30.1 Å². The van der Waals surface area contributed by atoms with Gasteiger partial charge in [-0.2, -0.15) is 0 Å². The zero-order valence-corrected chi connectivity index (χ0v) is 17.6. The highest BCUT2D eigenvalue weighted by molar-refractivity contribution is 7.22. The Morgan fingerprint density at radius 2 is 1.78 bits per heavy atom. The number of amides is 1. The molecule has 0 radical (unpaired) electrons. The van der Waals surface area contributed by atoms with Gasteiger partial charge in [-0.3, -0.25) is 14.7 Å². The summed E-state index contributed by atoms with van der Waals surface area (Å²) in [5.41, 5.74) is 2.14. The molecule has 2 aliphatic rings. The fourth-order valence-corrected chi connectivity index (χ4v) is 4.63. The summed E-state index contributed by atoms with van der Waals surface area (Å²) in [6.45, 7) is 1.48. The Bertz CT molecular complexity index is 1280. The van der Waals surface area contributed by atoms with Crippen molar-refractivity contribution in [2.45, 2.75) is 6.54 Å². The van der Waals surface area contributed by atoms with Crippen LogP contribution in [0.15, 0.2) is 54.9 Å². The van der Waals surface area contributed by atoms with E-state index in [1.165, 1.54) is 11.3 Å². The van der Waals surface area contributed by atoms with Gasteiger partial charge < -0.3 is 18.9 Å². The van der Waals surface area contributed by atoms with Crippen LogP contribution < -0.4 is 23.8 Å². The molecule has 2 aliphatic heterocycles. The lowest BCUT2D eigenvalue weighted by molar-refractivity contribution is 0.0984. The summed E-state index contributed by atoms with van der Waals surface area (Å²) in [5, 5.41) is 0.576. The van der Waals surface area contributed by atoms with Gasteiger partial charge in [0.25, 0.3) is 5.91 Å². The number of ether oxygens (including phenoxy) is 4. The molecule has 0 aliphatic carbocycles. The van der Waals surface area contributed by atoms with Gasteiger partial charge >= 0.3 is 0 Å². The van der Waals surface area contributed by atoms with Gasteiger partial charge in [0.15, 0.2) is 28.1 Å². The molecular weight excluding hydrogens is 430 g/mol. The normalized spacial score (nSPS) is 13.9. The van der Waals surface area contributed by atoms with Gasteiger partial charge in [-0.25, -0.2) is 4.98 Å². The van der Waals surface area contributed by atoms with Crippen molar-refractivity contribution in [3.63, 3.8) is 0 Å². The maximum Gasteiger partial charge on any atom is 0.260 e. The van der Waals surface area contributed by atoms with E-state index in [-0.39, 0.29) is 12.7 Å². The number of pyridine rings is 1. The Balaban J connectivity index is 1.40. The second kappa shape index (κ2) is 7.69. The predicted octanol–water partition coefficient (Wildman–Crippen LogP) is 4.04. The molecule has 6 rings (SSSR count). The molecule has 0 atom stereocenters. The average molecular weight is 447 g/mol. The molecule has 4 heterocycles. The van der Waals surface area contributed by atoms with E-state index in [1.807, 2.05) is 24.3 Å². The number of nitrogens with zero attached hydrogens (tertiary/aromatic N) is 3. The van der Waals surface area contributed by atoms with Crippen LogP contribution in [0.3, 0.4) is 0 Å². The molecule has 1 amide bonds. The molecule has 2 aromatic carbocycles. The minimum atomic E-state index is -0.190. The maximum atomic E-state index is 13.6. The number of hydrogen-bond donors (Lipinski definition) is 0. The Hall–Kier alpha value is -3.85. The number of carbonyl (C=O) groups excluding carboxylic acids is 1. The number of thiazole rings is 1. The first-order valence-corrected chi connectivity index (χ1v) is 10.9. The highest BCUT2D eigenvalue weighted by Gasteiger charge is 2.25. The van der Waals surface area contributed by atoms with Crippen molar-refractivity contribution in [2.75, 3.05) is 24.9 Å². The fourth-order valence-electron chi connectivity index (χ4n) is 3.65. The van der Waals surface area contributed by atoms with Gasteiger partial charge in [-0.1, -0.05) is 17.4 Å². The summed E-state index contributed by atoms with van der Waals surface area (Å²) in [6, 6.07) is 12.7. The molecule has 0 spiro atoms. The molecule has 0 N–H and O–H groups in total. The van der Waals surface area contributed by atoms with Crippen molar-refractivity contribution in [1.82, 2.24) is 9.97 Å². The summed E-state index contributed by atoms with van der Waals surface area (Å²) in [4.78, 5) is 24.2. The Morgan fingerprint density at radius 1 is 0.969 bits per heavy atom. The molecule has 160 valence electrons. The van der Waals surface area contributed by atoms with Gasteiger partial charge in [0.2, 0.25) is 6.79 Å². The lowest BCUT2D eigenvalue weighted by Crippen LogP contribution is -2.30. The molecule has 0 bridgehead atoms. The van der Waals surface area contributed by atoms with E-state index in [0.29, 0.717) is 53.5 Å². The van der Waals surface area contributed by atoms with E-state index in [0.717, 1.165) is 15.8 Å². The second-order valence-electron chi connectivity index (χ2n) is 7.28. The molecule has 4 aromatic rings. The molecule has 2 aromatic heterocycles. The molecule has 0 saturated carbocycles. The Morgan fingerprint density at radius 3 is 2.62 bits per heavy atom. The number of fused-ring (bicyclic) bond motifs is 3. The summed E-state index contributed by atoms with van der Waals surface area (Å²) in [6.07, 6.45) is 3.45. The van der Waals surface area contributed by atoms with E-state index in [2.05, 4.69) is 4.98 Å². The standard InChI is InChI=1S/C23H17N3O5S/c27-22(15-3-4-17-18(8-15)29-7-6-28-17)26(12-14-2-1-5-24-11-14)23-25-16-9-19-20(31-13-30-19)10-21(16)32-23/h1-5,8-11H,6-7,12-13H2. The molecule has 0 saturated heterocycles. The first-order chi connectivity index (χ1) is 15.7. The molecule has 0 unspecified atom stereocenters. The highest BCUT2D eigenvalue weighted by atomic mass is 32.1. The average Bonchev–Trinajstić information content (AvgIpc) is 3.46. The van der Waals surface area contributed by atoms with Crippen molar-refractivity contribution in [3.8, 4) is 23.0 Å². The van der Waals surface area contributed by atoms with Gasteiger partial charge in [0.1, 0.15) is 13.2 Å². The zero-order chi connectivity index (χ0) is 21.5. The first kappa shape index (κ1) is 18.9. The fraction of sp³-hybridized carbons (Fsp3) is 0.174. The van der Waals surface area contributed by atoms with Crippen LogP contribution in [-0.4, -0.2) is 35.9 Å². The number of aromatic nitrogens is 2. The molecular formula is C23H17N3O5S. The van der Waals surface area contributed by atoms with Crippen LogP contribution in [-0.2, 0) is 6.54 Å². The van der Waals surface area contributed by atoms with Crippen molar-refractivity contribution in [1.29, 1.82) is 0 Å². The Kier molecular flexibility index (Phi) is 4.53. The third-order valence-electron chi connectivity index (χ3n) is 5.20. The predicted molar refractivity (Wildman–Crippen MR) is 118 cm³/mol. The number of benzene rings is 2. The molecule has 8 nitrogen and oxygen atoms in total. The smallest absolute Gasteiger partial charge is 0.260 e. The van der Waals surface area contributed by atoms with Crippen LogP contribution in [0.1, 0.15) is 15.9 Å². The highest BCUT2D eigenvalue weighted by Crippen LogP contribution is 2.40. The minimum Gasteiger partial charge on any atom is -0.486 e. The van der Waals surface area contributed by atoms with E-state index in [1.54, 1.807) is 35.5 Å². The van der Waals surface area contributed by atoms with E-state index in [9.17, 15) is 4.79 Å². The van der Waals surface area contributed by atoms with Crippen LogP contribution in [0.4, 0.5) is 5.13 Å². The molecule has 32 heavy (non-hydrogen) atoms. The minimum absolute atomic E-state index is 0.190. The van der Waals surface area contributed by atoms with Crippen LogP contribution in [0.25, 0.3) is 10.2 Å². The summed E-state index contributed by atoms with van der Waals surface area (Å²) in [5.74, 6) is 2.36. The third kappa shape index (κ3) is 3.36. The third-order valence-corrected chi connectivity index (χ3v) is 6.24. The molecule has 9 heteroatoms.